The first-order valence-corrected chi connectivity index (χ1v) is 7.68. The standard InChI is InChI=1S/C11H20.C7H14.11Y/c1-11(2,3)10-7-8-4-5-9(10)6-8;1-6(2)7(3,4)5;;;;;;;;;;;/h8-10H,4-7H2,1-3H3;6H,1-2H2,3-5H3;;;;;;;;;;;/q;-2;;;;;;;;;;;. The van der Waals surface area contributed by atoms with Gasteiger partial charge in [0.2, 0.25) is 0 Å². The summed E-state index contributed by atoms with van der Waals surface area (Å²) in [6.45, 7) is 21.3. The maximum atomic E-state index is 3.80. The Balaban J connectivity index is -0.0000000188. The van der Waals surface area contributed by atoms with E-state index >= 15 is 0 Å². The number of hydrogen-bond donors (Lipinski definition) is 0. The van der Waals surface area contributed by atoms with Crippen molar-refractivity contribution in [3.8, 4) is 0 Å². The molecule has 0 aliphatic heterocycles. The molecule has 2 aliphatic carbocycles. The fourth-order valence-corrected chi connectivity index (χ4v) is 3.31. The molecule has 0 amide bonds. The molecule has 0 aromatic rings. The molecular weight excluding hydrogens is 1190 g/mol. The number of fused-ring (bicyclic) bond motifs is 2. The summed E-state index contributed by atoms with van der Waals surface area (Å²) < 4.78 is 0. The van der Waals surface area contributed by atoms with Gasteiger partial charge < -0.3 is 13.8 Å². The zero-order valence-electron chi connectivity index (χ0n) is 19.9. The van der Waals surface area contributed by atoms with Crippen LogP contribution in [0.3, 0.4) is 0 Å². The minimum Gasteiger partial charge on any atom is -0.369 e. The SMILES string of the molecule is CC(C)(C)C1CC2CCC1C2.[CH2-]C([CH2-])C(C)(C)C.[Y].[Y].[Y].[Y].[Y].[Y].[Y].[Y].[Y].[Y].[Y]. The third kappa shape index (κ3) is 34.5. The fourth-order valence-electron chi connectivity index (χ4n) is 3.31. The molecule has 2 aliphatic rings. The Morgan fingerprint density at radius 2 is 0.897 bits per heavy atom. The van der Waals surface area contributed by atoms with Crippen molar-refractivity contribution in [3.63, 3.8) is 0 Å². The van der Waals surface area contributed by atoms with Crippen LogP contribution in [0.1, 0.15) is 67.2 Å². The molecule has 0 N–H and O–H groups in total. The molecule has 2 saturated carbocycles. The first-order chi connectivity index (χ1) is 8.01. The van der Waals surface area contributed by atoms with Crippen molar-refractivity contribution in [2.45, 2.75) is 67.2 Å². The summed E-state index contributed by atoms with van der Waals surface area (Å²) in [5, 5.41) is 0. The van der Waals surface area contributed by atoms with Gasteiger partial charge >= 0.3 is 0 Å². The monoisotopic (exact) mass is 1230 g/mol. The third-order valence-electron chi connectivity index (χ3n) is 5.08. The predicted molar refractivity (Wildman–Crippen MR) is 82.1 cm³/mol. The van der Waals surface area contributed by atoms with E-state index in [1.54, 1.807) is 6.42 Å². The van der Waals surface area contributed by atoms with E-state index in [1.807, 2.05) is 0 Å². The second kappa shape index (κ2) is 38.2. The van der Waals surface area contributed by atoms with Crippen LogP contribution in [0.4, 0.5) is 0 Å². The Hall–Kier alpha value is 12.1. The van der Waals surface area contributed by atoms with Gasteiger partial charge in [0.15, 0.2) is 0 Å². The Kier molecular flexibility index (Phi) is 96.0. The van der Waals surface area contributed by atoms with Crippen molar-refractivity contribution in [2.24, 2.45) is 34.5 Å². The zero-order chi connectivity index (χ0) is 14.1. The van der Waals surface area contributed by atoms with Crippen molar-refractivity contribution in [2.75, 3.05) is 0 Å². The molecule has 3 atom stereocenters. The van der Waals surface area contributed by atoms with E-state index in [0.717, 1.165) is 17.8 Å². The summed E-state index contributed by atoms with van der Waals surface area (Å²) in [5.41, 5.74) is 0.861. The minimum absolute atomic E-state index is 0. The van der Waals surface area contributed by atoms with E-state index in [0.29, 0.717) is 11.3 Å². The summed E-state index contributed by atoms with van der Waals surface area (Å²) in [6.07, 6.45) is 6.17. The van der Waals surface area contributed by atoms with Crippen LogP contribution in [-0.2, 0) is 360 Å². The normalized spacial score (nSPS) is 19.6. The van der Waals surface area contributed by atoms with Gasteiger partial charge in [0, 0.05) is 360 Å². The van der Waals surface area contributed by atoms with Crippen LogP contribution in [0.5, 0.6) is 0 Å². The molecule has 2 rings (SSSR count). The largest absolute Gasteiger partial charge is 0.369 e. The predicted octanol–water partition coefficient (Wildman–Crippen LogP) is 5.76. The molecule has 3 unspecified atom stereocenters. The van der Waals surface area contributed by atoms with Crippen LogP contribution < -0.4 is 0 Å². The van der Waals surface area contributed by atoms with Gasteiger partial charge in [-0.3, -0.25) is 5.92 Å². The molecule has 11 heteroatoms. The second-order valence-electron chi connectivity index (χ2n) is 8.71. The summed E-state index contributed by atoms with van der Waals surface area (Å²) in [7, 11) is 0. The van der Waals surface area contributed by atoms with E-state index in [9.17, 15) is 0 Å². The summed E-state index contributed by atoms with van der Waals surface area (Å²) in [6, 6.07) is 0. The molecule has 29 heavy (non-hydrogen) atoms. The van der Waals surface area contributed by atoms with E-state index < -0.39 is 0 Å². The quantitative estimate of drug-likeness (QED) is 0.271. The van der Waals surface area contributed by atoms with E-state index in [2.05, 4.69) is 55.4 Å². The van der Waals surface area contributed by atoms with E-state index in [1.165, 1.54) is 19.3 Å². The Bertz CT molecular complexity index is 276. The first-order valence-electron chi connectivity index (χ1n) is 7.68. The van der Waals surface area contributed by atoms with Gasteiger partial charge in [0.25, 0.3) is 0 Å². The summed E-state index contributed by atoms with van der Waals surface area (Å²) in [5.74, 6) is 3.55. The van der Waals surface area contributed by atoms with Crippen LogP contribution in [0, 0.1) is 48.3 Å². The van der Waals surface area contributed by atoms with Gasteiger partial charge in [-0.25, -0.2) is 0 Å². The second-order valence-corrected chi connectivity index (χ2v) is 8.71. The summed E-state index contributed by atoms with van der Waals surface area (Å²) >= 11 is 0. The number of hydrogen-bond acceptors (Lipinski definition) is 0. The minimum atomic E-state index is 0. The van der Waals surface area contributed by atoms with Gasteiger partial charge in [-0.2, -0.15) is 0 Å². The van der Waals surface area contributed by atoms with Gasteiger partial charge in [-0.1, -0.05) is 53.4 Å². The first kappa shape index (κ1) is 73.0. The van der Waals surface area contributed by atoms with Crippen molar-refractivity contribution >= 4 is 0 Å². The molecule has 0 heterocycles. The van der Waals surface area contributed by atoms with E-state index in [4.69, 9.17) is 0 Å². The number of rotatable bonds is 0. The van der Waals surface area contributed by atoms with Gasteiger partial charge in [0.05, 0.1) is 0 Å². The Morgan fingerprint density at radius 1 is 0.586 bits per heavy atom. The van der Waals surface area contributed by atoms with Crippen LogP contribution in [0.2, 0.25) is 0 Å². The van der Waals surface area contributed by atoms with Crippen molar-refractivity contribution < 1.29 is 360 Å². The molecule has 0 saturated heterocycles. The van der Waals surface area contributed by atoms with Gasteiger partial charge in [-0.15, -0.1) is 0 Å². The topological polar surface area (TPSA) is 0 Å². The van der Waals surface area contributed by atoms with Gasteiger partial charge in [-0.05, 0) is 42.4 Å². The molecular formula is C18H34Y11-2. The van der Waals surface area contributed by atoms with Crippen LogP contribution in [-0.4, -0.2) is 0 Å². The maximum absolute atomic E-state index is 3.80. The molecule has 0 nitrogen and oxygen atoms in total. The van der Waals surface area contributed by atoms with Crippen molar-refractivity contribution in [1.82, 2.24) is 0 Å². The average Bonchev–Trinajstić information content (AvgIpc) is 2.76. The maximum Gasteiger partial charge on any atom is 0 e. The van der Waals surface area contributed by atoms with Gasteiger partial charge in [0.1, 0.15) is 0 Å². The molecule has 0 aromatic carbocycles. The summed E-state index contributed by atoms with van der Waals surface area (Å²) in [4.78, 5) is 0. The van der Waals surface area contributed by atoms with Crippen LogP contribution in [0.15, 0.2) is 0 Å². The average molecular weight is 1230 g/mol. The molecule has 2 fully saturated rings. The van der Waals surface area contributed by atoms with E-state index in [-0.39, 0.29) is 365 Å². The Morgan fingerprint density at radius 3 is 1.00 bits per heavy atom. The molecule has 0 aromatic heterocycles. The third-order valence-corrected chi connectivity index (χ3v) is 5.08. The smallest absolute Gasteiger partial charge is 0 e. The van der Waals surface area contributed by atoms with Crippen molar-refractivity contribution in [3.05, 3.63) is 13.8 Å². The fraction of sp³-hybridized carbons (Fsp3) is 0.889. The molecule has 11 radical (unpaired) electrons. The van der Waals surface area contributed by atoms with Crippen molar-refractivity contribution in [1.29, 1.82) is 0 Å². The molecule has 2 bridgehead atoms. The zero-order valence-corrected chi connectivity index (χ0v) is 51.1. The van der Waals surface area contributed by atoms with Crippen LogP contribution in [0.25, 0.3) is 0 Å². The molecule has 141 valence electrons. The Labute approximate surface area is 461 Å². The molecule has 0 spiro atoms. The van der Waals surface area contributed by atoms with Crippen LogP contribution >= 0.6 is 0 Å².